The van der Waals surface area contributed by atoms with E-state index in [2.05, 4.69) is 5.32 Å². The normalized spacial score (nSPS) is 11.9. The van der Waals surface area contributed by atoms with E-state index in [1.54, 1.807) is 18.2 Å². The van der Waals surface area contributed by atoms with Gasteiger partial charge in [0.15, 0.2) is 0 Å². The number of halogens is 1. The second kappa shape index (κ2) is 6.98. The molecule has 98 valence electrons. The van der Waals surface area contributed by atoms with Gasteiger partial charge >= 0.3 is 5.97 Å². The van der Waals surface area contributed by atoms with E-state index in [-0.39, 0.29) is 18.7 Å². The third-order valence-corrected chi connectivity index (χ3v) is 2.61. The van der Waals surface area contributed by atoms with Crippen LogP contribution in [0.3, 0.4) is 0 Å². The molecule has 0 aromatic heterocycles. The maximum absolute atomic E-state index is 11.4. The van der Waals surface area contributed by atoms with Gasteiger partial charge in [0.25, 0.3) is 0 Å². The minimum Gasteiger partial charge on any atom is -0.480 e. The number of carbonyl (C=O) groups excluding carboxylic acids is 1. The molecule has 1 rings (SSSR count). The maximum Gasteiger partial charge on any atom is 0.320 e. The first-order chi connectivity index (χ1) is 8.49. The molecule has 6 heteroatoms. The van der Waals surface area contributed by atoms with Crippen LogP contribution in [0, 0.1) is 0 Å². The molecule has 0 heterocycles. The molecular weight excluding hydrogens is 256 g/mol. The molecule has 0 spiro atoms. The lowest BCUT2D eigenvalue weighted by Gasteiger charge is -2.07. The van der Waals surface area contributed by atoms with Gasteiger partial charge in [0, 0.05) is 18.0 Å². The van der Waals surface area contributed by atoms with Crippen LogP contribution in [0.15, 0.2) is 24.3 Å². The van der Waals surface area contributed by atoms with Gasteiger partial charge < -0.3 is 16.2 Å². The molecule has 1 aromatic rings. The van der Waals surface area contributed by atoms with Crippen molar-refractivity contribution in [1.29, 1.82) is 0 Å². The topological polar surface area (TPSA) is 92.4 Å². The minimum atomic E-state index is -1.10. The highest BCUT2D eigenvalue weighted by atomic mass is 35.5. The summed E-state index contributed by atoms with van der Waals surface area (Å²) in [6.07, 6.45) is 0.213. The van der Waals surface area contributed by atoms with Crippen LogP contribution in [0.25, 0.3) is 0 Å². The van der Waals surface area contributed by atoms with Crippen molar-refractivity contribution in [3.8, 4) is 0 Å². The molecule has 5 nitrogen and oxygen atoms in total. The summed E-state index contributed by atoms with van der Waals surface area (Å²) in [5, 5.41) is 11.8. The van der Waals surface area contributed by atoms with Gasteiger partial charge in [0.2, 0.25) is 5.91 Å². The summed E-state index contributed by atoms with van der Waals surface area (Å²) in [4.78, 5) is 21.9. The Morgan fingerprint density at radius 2 is 2.17 bits per heavy atom. The van der Waals surface area contributed by atoms with Crippen LogP contribution in [0.2, 0.25) is 5.02 Å². The second-order valence-electron chi connectivity index (χ2n) is 3.89. The molecule has 0 unspecified atom stereocenters. The fourth-order valence-electron chi connectivity index (χ4n) is 1.35. The average molecular weight is 271 g/mol. The molecule has 0 bridgehead atoms. The number of aliphatic carboxylic acids is 1. The fourth-order valence-corrected chi connectivity index (χ4v) is 1.56. The van der Waals surface area contributed by atoms with Gasteiger partial charge in [0.05, 0.1) is 0 Å². The highest BCUT2D eigenvalue weighted by Gasteiger charge is 2.13. The fraction of sp³-hybridized carbons (Fsp3) is 0.333. The SMILES string of the molecule is N[C@@H](CCC(=O)NCc1cccc(Cl)c1)C(=O)O. The summed E-state index contributed by atoms with van der Waals surface area (Å²) in [7, 11) is 0. The predicted molar refractivity (Wildman–Crippen MR) is 68.1 cm³/mol. The average Bonchev–Trinajstić information content (AvgIpc) is 2.33. The van der Waals surface area contributed by atoms with Crippen molar-refractivity contribution in [3.05, 3.63) is 34.9 Å². The van der Waals surface area contributed by atoms with Gasteiger partial charge in [-0.25, -0.2) is 0 Å². The molecule has 4 N–H and O–H groups in total. The van der Waals surface area contributed by atoms with Crippen LogP contribution in [-0.4, -0.2) is 23.0 Å². The van der Waals surface area contributed by atoms with E-state index in [0.29, 0.717) is 11.6 Å². The Morgan fingerprint density at radius 1 is 1.44 bits per heavy atom. The Morgan fingerprint density at radius 3 is 2.78 bits per heavy atom. The molecule has 0 aliphatic heterocycles. The minimum absolute atomic E-state index is 0.0913. The quantitative estimate of drug-likeness (QED) is 0.723. The van der Waals surface area contributed by atoms with E-state index < -0.39 is 12.0 Å². The van der Waals surface area contributed by atoms with Crippen LogP contribution in [0.4, 0.5) is 0 Å². The number of rotatable bonds is 6. The molecule has 0 radical (unpaired) electrons. The van der Waals surface area contributed by atoms with Crippen LogP contribution < -0.4 is 11.1 Å². The largest absolute Gasteiger partial charge is 0.480 e. The lowest BCUT2D eigenvalue weighted by molar-refractivity contribution is -0.138. The second-order valence-corrected chi connectivity index (χ2v) is 4.33. The highest BCUT2D eigenvalue weighted by Crippen LogP contribution is 2.10. The zero-order chi connectivity index (χ0) is 13.5. The number of nitrogens with one attached hydrogen (secondary N) is 1. The highest BCUT2D eigenvalue weighted by molar-refractivity contribution is 6.30. The standard InChI is InChI=1S/C12H15ClN2O3/c13-9-3-1-2-8(6-9)7-15-11(16)5-4-10(14)12(17)18/h1-3,6,10H,4-5,7,14H2,(H,15,16)(H,17,18)/t10-/m0/s1. The summed E-state index contributed by atoms with van der Waals surface area (Å²) in [5.41, 5.74) is 6.18. The van der Waals surface area contributed by atoms with Crippen molar-refractivity contribution in [2.75, 3.05) is 0 Å². The smallest absolute Gasteiger partial charge is 0.320 e. The number of nitrogens with two attached hydrogens (primary N) is 1. The van der Waals surface area contributed by atoms with Gasteiger partial charge in [-0.15, -0.1) is 0 Å². The summed E-state index contributed by atoms with van der Waals surface area (Å²) < 4.78 is 0. The molecule has 0 saturated heterocycles. The van der Waals surface area contributed by atoms with E-state index in [1.165, 1.54) is 0 Å². The molecule has 1 amide bonds. The van der Waals surface area contributed by atoms with E-state index >= 15 is 0 Å². The van der Waals surface area contributed by atoms with E-state index in [0.717, 1.165) is 5.56 Å². The van der Waals surface area contributed by atoms with Crippen LogP contribution >= 0.6 is 11.6 Å². The van der Waals surface area contributed by atoms with Crippen molar-refractivity contribution < 1.29 is 14.7 Å². The maximum atomic E-state index is 11.4. The van der Waals surface area contributed by atoms with Crippen molar-refractivity contribution >= 4 is 23.5 Å². The van der Waals surface area contributed by atoms with E-state index in [4.69, 9.17) is 22.4 Å². The molecular formula is C12H15ClN2O3. The van der Waals surface area contributed by atoms with Gasteiger partial charge in [0.1, 0.15) is 6.04 Å². The zero-order valence-corrected chi connectivity index (χ0v) is 10.5. The lowest BCUT2D eigenvalue weighted by atomic mass is 10.1. The Kier molecular flexibility index (Phi) is 5.61. The number of carbonyl (C=O) groups is 2. The van der Waals surface area contributed by atoms with Crippen molar-refractivity contribution in [1.82, 2.24) is 5.32 Å². The molecule has 1 atom stereocenters. The van der Waals surface area contributed by atoms with Gasteiger partial charge in [-0.05, 0) is 24.1 Å². The Balaban J connectivity index is 2.31. The first kappa shape index (κ1) is 14.5. The Bertz CT molecular complexity index is 437. The number of hydrogen-bond acceptors (Lipinski definition) is 3. The Hall–Kier alpha value is -1.59. The first-order valence-corrected chi connectivity index (χ1v) is 5.86. The van der Waals surface area contributed by atoms with Crippen LogP contribution in [0.1, 0.15) is 18.4 Å². The van der Waals surface area contributed by atoms with Crippen LogP contribution in [-0.2, 0) is 16.1 Å². The van der Waals surface area contributed by atoms with Crippen molar-refractivity contribution in [2.24, 2.45) is 5.73 Å². The molecule has 1 aromatic carbocycles. The zero-order valence-electron chi connectivity index (χ0n) is 9.73. The third-order valence-electron chi connectivity index (χ3n) is 2.38. The number of benzene rings is 1. The number of carboxylic acid groups (broad SMARTS) is 1. The summed E-state index contributed by atoms with van der Waals surface area (Å²) in [6.45, 7) is 0.363. The molecule has 0 saturated carbocycles. The molecule has 0 aliphatic carbocycles. The first-order valence-electron chi connectivity index (χ1n) is 5.48. The van der Waals surface area contributed by atoms with Crippen molar-refractivity contribution in [3.63, 3.8) is 0 Å². The van der Waals surface area contributed by atoms with Crippen molar-refractivity contribution in [2.45, 2.75) is 25.4 Å². The number of hydrogen-bond donors (Lipinski definition) is 3. The Labute approximate surface area is 110 Å². The molecule has 0 fully saturated rings. The number of amides is 1. The predicted octanol–water partition coefficient (Wildman–Crippen LogP) is 1.15. The molecule has 0 aliphatic rings. The number of carboxylic acids is 1. The van der Waals surface area contributed by atoms with Gasteiger partial charge in [-0.1, -0.05) is 23.7 Å². The van der Waals surface area contributed by atoms with E-state index in [1.807, 2.05) is 6.07 Å². The monoisotopic (exact) mass is 270 g/mol. The lowest BCUT2D eigenvalue weighted by Crippen LogP contribution is -2.32. The van der Waals surface area contributed by atoms with E-state index in [9.17, 15) is 9.59 Å². The summed E-state index contributed by atoms with van der Waals surface area (Å²) in [5.74, 6) is -1.33. The van der Waals surface area contributed by atoms with Gasteiger partial charge in [-0.3, -0.25) is 9.59 Å². The van der Waals surface area contributed by atoms with Gasteiger partial charge in [-0.2, -0.15) is 0 Å². The summed E-state index contributed by atoms with van der Waals surface area (Å²) >= 11 is 5.80. The molecule has 18 heavy (non-hydrogen) atoms. The van der Waals surface area contributed by atoms with Crippen LogP contribution in [0.5, 0.6) is 0 Å². The third kappa shape index (κ3) is 5.16. The summed E-state index contributed by atoms with van der Waals surface area (Å²) in [6, 6.07) is 6.14.